The minimum absolute atomic E-state index is 0.460. The summed E-state index contributed by atoms with van der Waals surface area (Å²) in [7, 11) is 0. The summed E-state index contributed by atoms with van der Waals surface area (Å²) in [6.07, 6.45) is 0. The van der Waals surface area contributed by atoms with Crippen molar-refractivity contribution in [2.24, 2.45) is 0 Å². The van der Waals surface area contributed by atoms with Crippen LogP contribution in [0.25, 0.3) is 76.8 Å². The molecule has 0 saturated carbocycles. The average molecular weight is 486 g/mol. The lowest BCUT2D eigenvalue weighted by Crippen LogP contribution is -1.94. The molecule has 4 aromatic heterocycles. The Morgan fingerprint density at radius 1 is 0.694 bits per heavy atom. The van der Waals surface area contributed by atoms with Crippen LogP contribution in [-0.2, 0) is 0 Å². The van der Waals surface area contributed by atoms with Gasteiger partial charge in [-0.25, -0.2) is 15.0 Å². The highest BCUT2D eigenvalue weighted by molar-refractivity contribution is 7.21. The van der Waals surface area contributed by atoms with E-state index in [1.54, 1.807) is 11.3 Å². The second-order valence-corrected chi connectivity index (χ2v) is 9.47. The summed E-state index contributed by atoms with van der Waals surface area (Å²) in [5.41, 5.74) is 8.01. The molecule has 0 radical (unpaired) electrons. The van der Waals surface area contributed by atoms with Gasteiger partial charge in [-0.15, -0.1) is 11.3 Å². The smallest absolute Gasteiger partial charge is 0.230 e. The summed E-state index contributed by atoms with van der Waals surface area (Å²) in [6, 6.07) is 25.8. The van der Waals surface area contributed by atoms with Crippen LogP contribution in [0.2, 0.25) is 0 Å². The van der Waals surface area contributed by atoms with Crippen LogP contribution < -0.4 is 0 Å². The fourth-order valence-electron chi connectivity index (χ4n) is 4.64. The van der Waals surface area contributed by atoms with E-state index in [2.05, 4.69) is 26.5 Å². The van der Waals surface area contributed by atoms with Crippen molar-refractivity contribution >= 4 is 54.7 Å². The fourth-order valence-corrected chi connectivity index (χ4v) is 5.67. The van der Waals surface area contributed by atoms with Crippen molar-refractivity contribution in [1.29, 1.82) is 0 Å². The molecular weight excluding hydrogens is 470 g/mol. The lowest BCUT2D eigenvalue weighted by molar-refractivity contribution is 0.620. The maximum atomic E-state index is 6.27. The van der Waals surface area contributed by atoms with Gasteiger partial charge in [0.15, 0.2) is 5.58 Å². The number of benzene rings is 4. The lowest BCUT2D eigenvalue weighted by Gasteiger charge is -2.10. The van der Waals surface area contributed by atoms with Gasteiger partial charge in [-0.3, -0.25) is 0 Å². The Hall–Kier alpha value is -4.89. The summed E-state index contributed by atoms with van der Waals surface area (Å²) in [4.78, 5) is 18.2. The van der Waals surface area contributed by atoms with Crippen molar-refractivity contribution in [3.05, 3.63) is 78.9 Å². The first-order chi connectivity index (χ1) is 17.8. The van der Waals surface area contributed by atoms with Crippen LogP contribution in [-0.4, -0.2) is 35.3 Å². The molecule has 2 N–H and O–H groups in total. The van der Waals surface area contributed by atoms with Crippen LogP contribution in [0, 0.1) is 0 Å². The molecule has 0 aliphatic heterocycles. The number of nitrogens with one attached hydrogen (secondary N) is 2. The number of rotatable bonds is 3. The van der Waals surface area contributed by atoms with Gasteiger partial charge in [-0.2, -0.15) is 15.4 Å². The zero-order valence-corrected chi connectivity index (χ0v) is 19.4. The van der Waals surface area contributed by atoms with Crippen molar-refractivity contribution in [2.75, 3.05) is 0 Å². The van der Waals surface area contributed by atoms with E-state index in [-0.39, 0.29) is 0 Å². The summed E-state index contributed by atoms with van der Waals surface area (Å²) in [5, 5.41) is 12.5. The predicted molar refractivity (Wildman–Crippen MR) is 141 cm³/mol. The molecule has 0 fully saturated rings. The molecule has 0 spiro atoms. The van der Waals surface area contributed by atoms with Gasteiger partial charge in [0.2, 0.25) is 5.89 Å². The number of para-hydroxylation sites is 5. The first-order valence-electron chi connectivity index (χ1n) is 11.4. The van der Waals surface area contributed by atoms with Crippen LogP contribution in [0.5, 0.6) is 0 Å². The number of oxazole rings is 1. The second-order valence-electron chi connectivity index (χ2n) is 8.44. The Bertz CT molecular complexity index is 1980. The first-order valence-corrected chi connectivity index (χ1v) is 12.2. The van der Waals surface area contributed by atoms with Crippen LogP contribution in [0.15, 0.2) is 83.3 Å². The molecule has 4 aromatic carbocycles. The molecule has 36 heavy (non-hydrogen) atoms. The molecule has 0 amide bonds. The summed E-state index contributed by atoms with van der Waals surface area (Å²) < 4.78 is 7.36. The molecule has 0 aliphatic rings. The number of H-pyrrole nitrogens is 2. The van der Waals surface area contributed by atoms with Gasteiger partial charge in [-0.1, -0.05) is 36.4 Å². The standard InChI is InChI=1S/C27H15N7OS/c1-2-8-16-15(7-1)28-25(29-16)14-13-19-24(33-34-32-19)23(26-30-17-9-3-5-11-20(17)35-26)22(14)27-31-18-10-4-6-12-21(18)36-27/h1-13H,(H,28,29)(H,32,33,34). The number of hydrogen-bond acceptors (Lipinski definition) is 7. The highest BCUT2D eigenvalue weighted by Gasteiger charge is 2.27. The molecular formula is C27H15N7OS. The minimum Gasteiger partial charge on any atom is -0.436 e. The SMILES string of the molecule is c1ccc2[nH]c(-c3cc4n[nH]nc4c(-c4nc5ccccc5o4)c3-c3nc4ccccc4s3)nc2c1. The van der Waals surface area contributed by atoms with Gasteiger partial charge in [-0.05, 0) is 42.5 Å². The number of fused-ring (bicyclic) bond motifs is 4. The maximum Gasteiger partial charge on any atom is 0.230 e. The van der Waals surface area contributed by atoms with Gasteiger partial charge in [0.1, 0.15) is 27.4 Å². The zero-order valence-electron chi connectivity index (χ0n) is 18.6. The van der Waals surface area contributed by atoms with Crippen LogP contribution in [0.1, 0.15) is 0 Å². The number of nitrogens with zero attached hydrogens (tertiary/aromatic N) is 5. The predicted octanol–water partition coefficient (Wildman–Crippen LogP) is 6.59. The summed E-state index contributed by atoms with van der Waals surface area (Å²) >= 11 is 1.61. The molecule has 0 saturated heterocycles. The third-order valence-electron chi connectivity index (χ3n) is 6.27. The molecule has 0 aliphatic carbocycles. The highest BCUT2D eigenvalue weighted by atomic mass is 32.1. The van der Waals surface area contributed by atoms with E-state index in [1.165, 1.54) is 0 Å². The molecule has 0 unspecified atom stereocenters. The highest BCUT2D eigenvalue weighted by Crippen LogP contribution is 2.45. The number of thiazole rings is 1. The Morgan fingerprint density at radius 3 is 2.36 bits per heavy atom. The third kappa shape index (κ3) is 2.83. The van der Waals surface area contributed by atoms with Crippen molar-refractivity contribution in [1.82, 2.24) is 35.3 Å². The molecule has 9 heteroatoms. The Labute approximate surface area is 206 Å². The second kappa shape index (κ2) is 7.30. The molecule has 8 aromatic rings. The van der Waals surface area contributed by atoms with Crippen LogP contribution in [0.4, 0.5) is 0 Å². The number of aromatic nitrogens is 7. The normalized spacial score (nSPS) is 11.9. The quantitative estimate of drug-likeness (QED) is 0.292. The maximum absolute atomic E-state index is 6.27. The van der Waals surface area contributed by atoms with Crippen LogP contribution >= 0.6 is 11.3 Å². The monoisotopic (exact) mass is 485 g/mol. The minimum atomic E-state index is 0.460. The van der Waals surface area contributed by atoms with E-state index < -0.39 is 0 Å². The van der Waals surface area contributed by atoms with E-state index in [1.807, 2.05) is 72.8 Å². The zero-order chi connectivity index (χ0) is 23.6. The van der Waals surface area contributed by atoms with Gasteiger partial charge in [0, 0.05) is 11.1 Å². The summed E-state index contributed by atoms with van der Waals surface area (Å²) in [6.45, 7) is 0. The molecule has 8 nitrogen and oxygen atoms in total. The van der Waals surface area contributed by atoms with Crippen molar-refractivity contribution in [3.63, 3.8) is 0 Å². The van der Waals surface area contributed by atoms with Crippen molar-refractivity contribution in [2.45, 2.75) is 0 Å². The molecule has 0 atom stereocenters. The topological polar surface area (TPSA) is 109 Å². The van der Waals surface area contributed by atoms with E-state index in [4.69, 9.17) is 19.4 Å². The molecule has 4 heterocycles. The molecule has 170 valence electrons. The van der Waals surface area contributed by atoms with E-state index >= 15 is 0 Å². The lowest BCUT2D eigenvalue weighted by atomic mass is 9.98. The average Bonchev–Trinajstić information content (AvgIpc) is 3.70. The Balaban J connectivity index is 1.52. The number of hydrogen-bond donors (Lipinski definition) is 2. The largest absolute Gasteiger partial charge is 0.436 e. The van der Waals surface area contributed by atoms with E-state index in [0.717, 1.165) is 48.5 Å². The first kappa shape index (κ1) is 19.4. The fraction of sp³-hybridized carbons (Fsp3) is 0. The summed E-state index contributed by atoms with van der Waals surface area (Å²) in [5.74, 6) is 1.18. The van der Waals surface area contributed by atoms with Gasteiger partial charge in [0.05, 0.1) is 26.8 Å². The Morgan fingerprint density at radius 2 is 1.50 bits per heavy atom. The van der Waals surface area contributed by atoms with E-state index in [0.29, 0.717) is 28.3 Å². The van der Waals surface area contributed by atoms with Gasteiger partial charge < -0.3 is 9.40 Å². The Kier molecular flexibility index (Phi) is 3.94. The van der Waals surface area contributed by atoms with Crippen LogP contribution in [0.3, 0.4) is 0 Å². The molecule has 0 bridgehead atoms. The van der Waals surface area contributed by atoms with Gasteiger partial charge in [0.25, 0.3) is 0 Å². The van der Waals surface area contributed by atoms with Crippen molar-refractivity contribution < 1.29 is 4.42 Å². The van der Waals surface area contributed by atoms with Gasteiger partial charge >= 0.3 is 0 Å². The number of imidazole rings is 1. The molecule has 8 rings (SSSR count). The number of aromatic amines is 2. The third-order valence-corrected chi connectivity index (χ3v) is 7.33. The van der Waals surface area contributed by atoms with Crippen molar-refractivity contribution in [3.8, 4) is 33.4 Å². The van der Waals surface area contributed by atoms with E-state index in [9.17, 15) is 0 Å².